The standard InChI is InChI=1S/C24H18FN3OS/c25-15-12-10-14(11-13-15)21-16-6-4-5-7-17(16)22-26-23-20(24(29)28(22)27-21)18-8-2-1-3-9-19(18)30-23/h4-7,10-13H,1-3,8-9H2. The van der Waals surface area contributed by atoms with Crippen molar-refractivity contribution in [2.75, 3.05) is 0 Å². The Balaban J connectivity index is 1.75. The smallest absolute Gasteiger partial charge is 0.267 e. The van der Waals surface area contributed by atoms with E-state index >= 15 is 0 Å². The molecule has 0 N–H and O–H groups in total. The van der Waals surface area contributed by atoms with E-state index in [2.05, 4.69) is 0 Å². The van der Waals surface area contributed by atoms with Crippen LogP contribution in [-0.2, 0) is 12.8 Å². The molecule has 0 radical (unpaired) electrons. The van der Waals surface area contributed by atoms with Gasteiger partial charge in [-0.25, -0.2) is 9.37 Å². The molecule has 5 aromatic rings. The highest BCUT2D eigenvalue weighted by molar-refractivity contribution is 7.18. The zero-order valence-corrected chi connectivity index (χ0v) is 17.0. The summed E-state index contributed by atoms with van der Waals surface area (Å²) < 4.78 is 14.9. The molecule has 1 aliphatic rings. The number of nitrogens with zero attached hydrogens (tertiary/aromatic N) is 3. The van der Waals surface area contributed by atoms with E-state index in [1.807, 2.05) is 24.3 Å². The van der Waals surface area contributed by atoms with Crippen molar-refractivity contribution in [3.63, 3.8) is 0 Å². The van der Waals surface area contributed by atoms with Gasteiger partial charge in [0.05, 0.1) is 11.1 Å². The molecule has 0 atom stereocenters. The van der Waals surface area contributed by atoms with Gasteiger partial charge in [-0.2, -0.15) is 9.61 Å². The van der Waals surface area contributed by atoms with Gasteiger partial charge in [0.2, 0.25) is 0 Å². The molecule has 30 heavy (non-hydrogen) atoms. The van der Waals surface area contributed by atoms with Crippen LogP contribution in [0.25, 0.3) is 37.9 Å². The van der Waals surface area contributed by atoms with Gasteiger partial charge in [-0.3, -0.25) is 4.79 Å². The fourth-order valence-electron chi connectivity index (χ4n) is 4.50. The Labute approximate surface area is 175 Å². The van der Waals surface area contributed by atoms with Gasteiger partial charge in [-0.05, 0) is 55.5 Å². The average molecular weight is 415 g/mol. The van der Waals surface area contributed by atoms with Crippen LogP contribution in [0.3, 0.4) is 0 Å². The maximum Gasteiger partial charge on any atom is 0.283 e. The lowest BCUT2D eigenvalue weighted by atomic mass is 10.0. The third kappa shape index (κ3) is 2.60. The lowest BCUT2D eigenvalue weighted by molar-refractivity contribution is 0.628. The molecular formula is C24H18FN3OS. The molecule has 1 aliphatic carbocycles. The Morgan fingerprint density at radius 3 is 2.53 bits per heavy atom. The van der Waals surface area contributed by atoms with Gasteiger partial charge in [0.25, 0.3) is 5.56 Å². The number of benzene rings is 2. The molecule has 0 spiro atoms. The first-order valence-corrected chi connectivity index (χ1v) is 11.0. The summed E-state index contributed by atoms with van der Waals surface area (Å²) in [5, 5.41) is 7.22. The zero-order chi connectivity index (χ0) is 20.2. The van der Waals surface area contributed by atoms with E-state index in [1.165, 1.54) is 27.9 Å². The summed E-state index contributed by atoms with van der Waals surface area (Å²) >= 11 is 1.66. The van der Waals surface area contributed by atoms with Crippen molar-refractivity contribution >= 4 is 38.0 Å². The van der Waals surface area contributed by atoms with Crippen LogP contribution in [0.15, 0.2) is 53.3 Å². The highest BCUT2D eigenvalue weighted by Crippen LogP contribution is 2.35. The summed E-state index contributed by atoms with van der Waals surface area (Å²) in [6, 6.07) is 14.1. The summed E-state index contributed by atoms with van der Waals surface area (Å²) in [6.07, 6.45) is 5.41. The van der Waals surface area contributed by atoms with Crippen molar-refractivity contribution in [3.05, 3.63) is 75.1 Å². The maximum absolute atomic E-state index is 13.6. The van der Waals surface area contributed by atoms with E-state index in [0.717, 1.165) is 57.8 Å². The van der Waals surface area contributed by atoms with E-state index < -0.39 is 0 Å². The predicted octanol–water partition coefficient (Wildman–Crippen LogP) is 5.53. The van der Waals surface area contributed by atoms with Crippen LogP contribution in [0.1, 0.15) is 29.7 Å². The molecule has 3 heterocycles. The lowest BCUT2D eigenvalue weighted by Gasteiger charge is -2.10. The second-order valence-corrected chi connectivity index (χ2v) is 8.88. The second-order valence-electron chi connectivity index (χ2n) is 7.80. The fraction of sp³-hybridized carbons (Fsp3) is 0.208. The Morgan fingerprint density at radius 2 is 1.70 bits per heavy atom. The highest BCUT2D eigenvalue weighted by atomic mass is 32.1. The van der Waals surface area contributed by atoms with Gasteiger partial charge in [0, 0.05) is 21.2 Å². The number of fused-ring (bicyclic) bond motifs is 6. The molecule has 4 nitrogen and oxygen atoms in total. The second kappa shape index (κ2) is 6.71. The first-order valence-electron chi connectivity index (χ1n) is 10.2. The third-order valence-corrected chi connectivity index (χ3v) is 7.14. The number of aromatic nitrogens is 3. The number of thiophene rings is 1. The molecule has 2 aromatic carbocycles. The number of hydrogen-bond acceptors (Lipinski definition) is 4. The van der Waals surface area contributed by atoms with Crippen LogP contribution in [0.5, 0.6) is 0 Å². The Bertz CT molecular complexity index is 1500. The largest absolute Gasteiger partial charge is 0.283 e. The Kier molecular flexibility index (Phi) is 3.96. The van der Waals surface area contributed by atoms with Crippen LogP contribution >= 0.6 is 11.3 Å². The van der Waals surface area contributed by atoms with Crippen molar-refractivity contribution in [1.82, 2.24) is 14.6 Å². The number of rotatable bonds is 1. The monoisotopic (exact) mass is 415 g/mol. The van der Waals surface area contributed by atoms with Gasteiger partial charge in [0.15, 0.2) is 5.65 Å². The summed E-state index contributed by atoms with van der Waals surface area (Å²) in [7, 11) is 0. The number of halogens is 1. The quantitative estimate of drug-likeness (QED) is 0.267. The molecule has 0 aliphatic heterocycles. The first-order chi connectivity index (χ1) is 14.7. The molecule has 148 valence electrons. The minimum Gasteiger partial charge on any atom is -0.267 e. The minimum absolute atomic E-state index is 0.108. The van der Waals surface area contributed by atoms with Crippen molar-refractivity contribution in [2.24, 2.45) is 0 Å². The summed E-state index contributed by atoms with van der Waals surface area (Å²) in [4.78, 5) is 20.6. The normalized spacial score (nSPS) is 14.3. The van der Waals surface area contributed by atoms with Crippen molar-refractivity contribution in [2.45, 2.75) is 32.1 Å². The van der Waals surface area contributed by atoms with E-state index in [0.29, 0.717) is 11.3 Å². The summed E-state index contributed by atoms with van der Waals surface area (Å²) in [5.74, 6) is -0.301. The van der Waals surface area contributed by atoms with Crippen LogP contribution in [0.2, 0.25) is 0 Å². The molecular weight excluding hydrogens is 397 g/mol. The Morgan fingerprint density at radius 1 is 0.933 bits per heavy atom. The lowest BCUT2D eigenvalue weighted by Crippen LogP contribution is -2.19. The molecule has 3 aromatic heterocycles. The fourth-order valence-corrected chi connectivity index (χ4v) is 5.75. The zero-order valence-electron chi connectivity index (χ0n) is 16.2. The molecule has 0 unspecified atom stereocenters. The van der Waals surface area contributed by atoms with Crippen LogP contribution in [-0.4, -0.2) is 14.6 Å². The van der Waals surface area contributed by atoms with Gasteiger partial charge in [-0.15, -0.1) is 11.3 Å². The van der Waals surface area contributed by atoms with E-state index in [4.69, 9.17) is 10.1 Å². The average Bonchev–Trinajstić information content (AvgIpc) is 2.95. The first kappa shape index (κ1) is 17.7. The SMILES string of the molecule is O=c1c2c3c(sc2nc2c4ccccc4c(-c4ccc(F)cc4)nn12)CCCCC3. The van der Waals surface area contributed by atoms with E-state index in [9.17, 15) is 9.18 Å². The minimum atomic E-state index is -0.301. The van der Waals surface area contributed by atoms with Crippen molar-refractivity contribution in [3.8, 4) is 11.3 Å². The van der Waals surface area contributed by atoms with Gasteiger partial charge in [0.1, 0.15) is 10.6 Å². The topological polar surface area (TPSA) is 47.3 Å². The molecule has 6 heteroatoms. The number of hydrogen-bond donors (Lipinski definition) is 0. The number of aryl methyl sites for hydroxylation is 2. The van der Waals surface area contributed by atoms with Crippen molar-refractivity contribution < 1.29 is 4.39 Å². The van der Waals surface area contributed by atoms with Gasteiger partial charge < -0.3 is 0 Å². The van der Waals surface area contributed by atoms with E-state index in [1.54, 1.807) is 23.5 Å². The Hall–Kier alpha value is -3.12. The highest BCUT2D eigenvalue weighted by Gasteiger charge is 2.21. The van der Waals surface area contributed by atoms with Crippen LogP contribution in [0, 0.1) is 5.82 Å². The van der Waals surface area contributed by atoms with Crippen molar-refractivity contribution in [1.29, 1.82) is 0 Å². The van der Waals surface area contributed by atoms with Gasteiger partial charge in [-0.1, -0.05) is 30.7 Å². The van der Waals surface area contributed by atoms with E-state index in [-0.39, 0.29) is 11.4 Å². The molecule has 6 rings (SSSR count). The summed E-state index contributed by atoms with van der Waals surface area (Å²) in [5.41, 5.74) is 3.06. The molecule has 0 amide bonds. The van der Waals surface area contributed by atoms with Crippen LogP contribution < -0.4 is 5.56 Å². The van der Waals surface area contributed by atoms with Gasteiger partial charge >= 0.3 is 0 Å². The van der Waals surface area contributed by atoms with Crippen LogP contribution in [0.4, 0.5) is 4.39 Å². The summed E-state index contributed by atoms with van der Waals surface area (Å²) in [6.45, 7) is 0. The molecule has 0 fully saturated rings. The molecule has 0 saturated heterocycles. The predicted molar refractivity (Wildman–Crippen MR) is 119 cm³/mol. The molecule has 0 saturated carbocycles. The maximum atomic E-state index is 13.6. The third-order valence-electron chi connectivity index (χ3n) is 5.96. The molecule has 0 bridgehead atoms.